The average Bonchev–Trinajstić information content (AvgIpc) is 3.15. The summed E-state index contributed by atoms with van der Waals surface area (Å²) in [6.45, 7) is 2.04. The highest BCUT2D eigenvalue weighted by atomic mass is 32.2. The Morgan fingerprint density at radius 2 is 1.79 bits per heavy atom. The quantitative estimate of drug-likeness (QED) is 0.394. The lowest BCUT2D eigenvalue weighted by Crippen LogP contribution is -2.30. The van der Waals surface area contributed by atoms with Gasteiger partial charge >= 0.3 is 21.5 Å². The van der Waals surface area contributed by atoms with Crippen LogP contribution in [0.3, 0.4) is 0 Å². The van der Waals surface area contributed by atoms with Crippen LogP contribution in [0.15, 0.2) is 48.5 Å². The zero-order valence-electron chi connectivity index (χ0n) is 17.5. The van der Waals surface area contributed by atoms with Gasteiger partial charge in [-0.3, -0.25) is 4.72 Å². The monoisotopic (exact) mass is 498 g/mol. The van der Waals surface area contributed by atoms with Gasteiger partial charge in [0.05, 0.1) is 11.4 Å². The van der Waals surface area contributed by atoms with Crippen LogP contribution in [0.5, 0.6) is 0 Å². The highest BCUT2D eigenvalue weighted by molar-refractivity contribution is 7.93. The molecule has 6 nitrogen and oxygen atoms in total. The smallest absolute Gasteiger partial charge is 0.477 e. The number of halogens is 3. The van der Waals surface area contributed by atoms with Gasteiger partial charge in [-0.15, -0.1) is 0 Å². The lowest BCUT2D eigenvalue weighted by atomic mass is 9.97. The Labute approximate surface area is 193 Å². The molecule has 0 bridgehead atoms. The van der Waals surface area contributed by atoms with E-state index in [2.05, 4.69) is 4.37 Å². The molecule has 3 aromatic rings. The number of para-hydroxylation sites is 1. The standard InChI is InChI=1S/C22H21F3N2O4S2/c1-2-3-7-18-17(20(21(28)29)32-26-18)13-14-9-11-15(12-10-14)16-6-4-5-8-19(16)27-33(30,31)22(23,24)25/h4-6,8-12,27H,2-3,7,13H2,1H3,(H,28,29). The maximum absolute atomic E-state index is 12.8. The molecule has 1 heterocycles. The zero-order chi connectivity index (χ0) is 24.2. The zero-order valence-corrected chi connectivity index (χ0v) is 19.1. The summed E-state index contributed by atoms with van der Waals surface area (Å²) in [4.78, 5) is 11.8. The molecular formula is C22H21F3N2O4S2. The van der Waals surface area contributed by atoms with Crippen LogP contribution in [0.25, 0.3) is 11.1 Å². The van der Waals surface area contributed by atoms with E-state index in [1.165, 1.54) is 18.2 Å². The van der Waals surface area contributed by atoms with Gasteiger partial charge in [0.1, 0.15) is 4.88 Å². The minimum atomic E-state index is -5.56. The minimum absolute atomic E-state index is 0.192. The molecule has 0 spiro atoms. The number of hydrogen-bond donors (Lipinski definition) is 2. The van der Waals surface area contributed by atoms with Crippen molar-refractivity contribution < 1.29 is 31.5 Å². The molecule has 0 radical (unpaired) electrons. The Hall–Kier alpha value is -2.92. The summed E-state index contributed by atoms with van der Waals surface area (Å²) in [5, 5.41) is 9.49. The number of unbranched alkanes of at least 4 members (excludes halogenated alkanes) is 1. The predicted molar refractivity (Wildman–Crippen MR) is 121 cm³/mol. The van der Waals surface area contributed by atoms with Crippen molar-refractivity contribution in [1.29, 1.82) is 0 Å². The second kappa shape index (κ2) is 9.92. The minimum Gasteiger partial charge on any atom is -0.477 e. The van der Waals surface area contributed by atoms with Crippen molar-refractivity contribution in [3.8, 4) is 11.1 Å². The van der Waals surface area contributed by atoms with Crippen molar-refractivity contribution in [2.75, 3.05) is 4.72 Å². The largest absolute Gasteiger partial charge is 0.516 e. The summed E-state index contributed by atoms with van der Waals surface area (Å²) in [6.07, 6.45) is 2.87. The number of aromatic nitrogens is 1. The number of hydrogen-bond acceptors (Lipinski definition) is 5. The summed E-state index contributed by atoms with van der Waals surface area (Å²) < 4.78 is 67.4. The average molecular weight is 499 g/mol. The molecule has 0 saturated carbocycles. The summed E-state index contributed by atoms with van der Waals surface area (Å²) in [5.74, 6) is -1.03. The lowest BCUT2D eigenvalue weighted by Gasteiger charge is -2.14. The molecule has 0 amide bonds. The molecular weight excluding hydrogens is 477 g/mol. The molecule has 0 fully saturated rings. The first-order valence-electron chi connectivity index (χ1n) is 10.0. The molecule has 11 heteroatoms. The molecule has 0 aliphatic rings. The van der Waals surface area contributed by atoms with Crippen LogP contribution in [-0.4, -0.2) is 29.4 Å². The Morgan fingerprint density at radius 3 is 2.39 bits per heavy atom. The van der Waals surface area contributed by atoms with Gasteiger partial charge in [0.2, 0.25) is 0 Å². The van der Waals surface area contributed by atoms with Crippen molar-refractivity contribution in [2.45, 2.75) is 38.1 Å². The van der Waals surface area contributed by atoms with Crippen molar-refractivity contribution in [2.24, 2.45) is 0 Å². The second-order valence-electron chi connectivity index (χ2n) is 7.32. The van der Waals surface area contributed by atoms with Gasteiger partial charge in [0.15, 0.2) is 0 Å². The van der Waals surface area contributed by atoms with E-state index >= 15 is 0 Å². The third-order valence-electron chi connectivity index (χ3n) is 4.95. The number of aromatic carboxylic acids is 1. The van der Waals surface area contributed by atoms with E-state index in [1.807, 2.05) is 6.92 Å². The number of benzene rings is 2. The van der Waals surface area contributed by atoms with Gasteiger partial charge in [-0.05, 0) is 41.6 Å². The number of aryl methyl sites for hydroxylation is 1. The van der Waals surface area contributed by atoms with E-state index in [1.54, 1.807) is 35.1 Å². The van der Waals surface area contributed by atoms with E-state index in [0.29, 0.717) is 24.0 Å². The number of nitrogens with one attached hydrogen (secondary N) is 1. The van der Waals surface area contributed by atoms with Crippen LogP contribution in [0.2, 0.25) is 0 Å². The maximum Gasteiger partial charge on any atom is 0.516 e. The molecule has 176 valence electrons. The molecule has 0 aliphatic carbocycles. The first-order chi connectivity index (χ1) is 15.5. The van der Waals surface area contributed by atoms with Crippen molar-refractivity contribution >= 4 is 33.2 Å². The maximum atomic E-state index is 12.8. The first-order valence-corrected chi connectivity index (χ1v) is 12.3. The van der Waals surface area contributed by atoms with Crippen LogP contribution in [0.4, 0.5) is 18.9 Å². The first kappa shape index (κ1) is 24.7. The second-order valence-corrected chi connectivity index (χ2v) is 9.76. The lowest BCUT2D eigenvalue weighted by molar-refractivity contribution is -0.0429. The Balaban J connectivity index is 1.89. The fourth-order valence-corrected chi connectivity index (χ4v) is 4.63. The predicted octanol–water partition coefficient (Wildman–Crippen LogP) is 5.70. The van der Waals surface area contributed by atoms with Crippen LogP contribution < -0.4 is 4.72 Å². The number of alkyl halides is 3. The molecule has 1 aromatic heterocycles. The number of carboxylic acids is 1. The van der Waals surface area contributed by atoms with E-state index < -0.39 is 21.5 Å². The van der Waals surface area contributed by atoms with Crippen LogP contribution in [0, 0.1) is 0 Å². The van der Waals surface area contributed by atoms with Gasteiger partial charge in [0.25, 0.3) is 0 Å². The van der Waals surface area contributed by atoms with Gasteiger partial charge < -0.3 is 5.11 Å². The Kier molecular flexibility index (Phi) is 7.43. The highest BCUT2D eigenvalue weighted by Gasteiger charge is 2.46. The Bertz CT molecular complexity index is 1240. The van der Waals surface area contributed by atoms with Gasteiger partial charge in [0, 0.05) is 17.5 Å². The van der Waals surface area contributed by atoms with Gasteiger partial charge in [-0.1, -0.05) is 55.8 Å². The van der Waals surface area contributed by atoms with Crippen molar-refractivity contribution in [3.05, 3.63) is 70.2 Å². The number of sulfonamides is 1. The molecule has 0 unspecified atom stereocenters. The fraction of sp³-hybridized carbons (Fsp3) is 0.273. The molecule has 3 rings (SSSR count). The van der Waals surface area contributed by atoms with Crippen molar-refractivity contribution in [1.82, 2.24) is 4.37 Å². The van der Waals surface area contributed by atoms with E-state index in [4.69, 9.17) is 0 Å². The summed E-state index contributed by atoms with van der Waals surface area (Å²) in [7, 11) is -5.56. The molecule has 2 aromatic carbocycles. The number of rotatable bonds is 9. The molecule has 0 aliphatic heterocycles. The number of anilines is 1. The van der Waals surface area contributed by atoms with Crippen LogP contribution in [0.1, 0.15) is 46.3 Å². The number of carboxylic acid groups (broad SMARTS) is 1. The van der Waals surface area contributed by atoms with E-state index in [9.17, 15) is 31.5 Å². The molecule has 0 saturated heterocycles. The van der Waals surface area contributed by atoms with Gasteiger partial charge in [-0.25, -0.2) is 4.79 Å². The molecule has 0 atom stereocenters. The van der Waals surface area contributed by atoms with Gasteiger partial charge in [-0.2, -0.15) is 26.0 Å². The molecule has 2 N–H and O–H groups in total. The van der Waals surface area contributed by atoms with Crippen molar-refractivity contribution in [3.63, 3.8) is 0 Å². The topological polar surface area (TPSA) is 96.4 Å². The van der Waals surface area contributed by atoms with E-state index in [-0.39, 0.29) is 16.1 Å². The number of nitrogens with zero attached hydrogens (tertiary/aromatic N) is 1. The Morgan fingerprint density at radius 1 is 1.12 bits per heavy atom. The highest BCUT2D eigenvalue weighted by Crippen LogP contribution is 2.33. The number of carbonyl (C=O) groups is 1. The van der Waals surface area contributed by atoms with Crippen LogP contribution in [-0.2, 0) is 22.9 Å². The summed E-state index contributed by atoms with van der Waals surface area (Å²) in [5.41, 5.74) is -2.62. The summed E-state index contributed by atoms with van der Waals surface area (Å²) >= 11 is 0.957. The SMILES string of the molecule is CCCCc1nsc(C(=O)O)c1Cc1ccc(-c2ccccc2NS(=O)(=O)C(F)(F)F)cc1. The molecule has 33 heavy (non-hydrogen) atoms. The van der Waals surface area contributed by atoms with E-state index in [0.717, 1.165) is 35.6 Å². The third kappa shape index (κ3) is 5.72. The normalized spacial score (nSPS) is 12.0. The fourth-order valence-electron chi connectivity index (χ4n) is 3.27. The van der Waals surface area contributed by atoms with Crippen LogP contribution >= 0.6 is 11.5 Å². The summed E-state index contributed by atoms with van der Waals surface area (Å²) in [6, 6.07) is 12.6. The third-order valence-corrected chi connectivity index (χ3v) is 6.97.